The Morgan fingerprint density at radius 2 is 2.00 bits per heavy atom. The molecule has 1 saturated heterocycles. The summed E-state index contributed by atoms with van der Waals surface area (Å²) in [6.45, 7) is 0.818. The zero-order valence-electron chi connectivity index (χ0n) is 12.0. The summed E-state index contributed by atoms with van der Waals surface area (Å²) in [5.74, 6) is -3.57. The second kappa shape index (κ2) is 5.66. The molecule has 1 aromatic carbocycles. The highest BCUT2D eigenvalue weighted by Gasteiger charge is 2.46. The van der Waals surface area contributed by atoms with Crippen molar-refractivity contribution in [3.05, 3.63) is 35.4 Å². The number of carboxylic acid groups (broad SMARTS) is 1. The number of halogens is 2. The van der Waals surface area contributed by atoms with Crippen LogP contribution in [0.25, 0.3) is 0 Å². The second-order valence-corrected chi connectivity index (χ2v) is 6.08. The Bertz CT molecular complexity index is 619. The maximum atomic E-state index is 13.3. The van der Waals surface area contributed by atoms with Gasteiger partial charge in [0.15, 0.2) is 11.6 Å². The Balaban J connectivity index is 1.65. The first-order valence-corrected chi connectivity index (χ1v) is 7.44. The molecule has 1 aromatic rings. The molecule has 4 nitrogen and oxygen atoms in total. The summed E-state index contributed by atoms with van der Waals surface area (Å²) in [5, 5.41) is 9.06. The predicted molar refractivity (Wildman–Crippen MR) is 74.1 cm³/mol. The average Bonchev–Trinajstić information content (AvgIpc) is 3.30. The number of carboxylic acids is 1. The van der Waals surface area contributed by atoms with Gasteiger partial charge in [0, 0.05) is 19.0 Å². The molecule has 3 rings (SSSR count). The van der Waals surface area contributed by atoms with Crippen LogP contribution < -0.4 is 0 Å². The molecule has 2 fully saturated rings. The van der Waals surface area contributed by atoms with Gasteiger partial charge in [0.2, 0.25) is 5.91 Å². The molecule has 6 heteroatoms. The molecule has 1 heterocycles. The van der Waals surface area contributed by atoms with Gasteiger partial charge in [-0.25, -0.2) is 8.78 Å². The molecule has 0 spiro atoms. The number of hydrogen-bond donors (Lipinski definition) is 1. The van der Waals surface area contributed by atoms with E-state index >= 15 is 0 Å². The summed E-state index contributed by atoms with van der Waals surface area (Å²) in [5.41, 5.74) is 0.629. The molecule has 1 saturated carbocycles. The van der Waals surface area contributed by atoms with Gasteiger partial charge < -0.3 is 10.0 Å². The van der Waals surface area contributed by atoms with Crippen molar-refractivity contribution in [2.24, 2.45) is 11.8 Å². The number of benzene rings is 1. The van der Waals surface area contributed by atoms with Crippen LogP contribution in [0.5, 0.6) is 0 Å². The van der Waals surface area contributed by atoms with Crippen LogP contribution in [0.3, 0.4) is 0 Å². The molecule has 118 valence electrons. The summed E-state index contributed by atoms with van der Waals surface area (Å²) in [6.07, 6.45) is 1.89. The molecule has 3 unspecified atom stereocenters. The first-order valence-electron chi connectivity index (χ1n) is 7.44. The van der Waals surface area contributed by atoms with Crippen molar-refractivity contribution in [3.63, 3.8) is 0 Å². The topological polar surface area (TPSA) is 57.6 Å². The van der Waals surface area contributed by atoms with Gasteiger partial charge in [-0.3, -0.25) is 9.59 Å². The summed E-state index contributed by atoms with van der Waals surface area (Å²) >= 11 is 0. The minimum absolute atomic E-state index is 0.0688. The fraction of sp³-hybridized carbons (Fsp3) is 0.500. The van der Waals surface area contributed by atoms with Gasteiger partial charge in [0.1, 0.15) is 0 Å². The predicted octanol–water partition coefficient (Wildman–Crippen LogP) is 2.39. The van der Waals surface area contributed by atoms with Gasteiger partial charge in [0.05, 0.1) is 5.92 Å². The van der Waals surface area contributed by atoms with Crippen LogP contribution in [-0.2, 0) is 9.59 Å². The Morgan fingerprint density at radius 1 is 1.23 bits per heavy atom. The normalized spacial score (nSPS) is 27.5. The van der Waals surface area contributed by atoms with E-state index in [1.54, 1.807) is 4.90 Å². The number of likely N-dealkylation sites (tertiary alicyclic amines) is 1. The van der Waals surface area contributed by atoms with Crippen LogP contribution in [0.4, 0.5) is 8.78 Å². The Morgan fingerprint density at radius 3 is 2.68 bits per heavy atom. The average molecular weight is 309 g/mol. The third-order valence-corrected chi connectivity index (χ3v) is 4.56. The van der Waals surface area contributed by atoms with Crippen molar-refractivity contribution in [1.29, 1.82) is 0 Å². The van der Waals surface area contributed by atoms with Crippen molar-refractivity contribution in [2.75, 3.05) is 13.1 Å². The van der Waals surface area contributed by atoms with Gasteiger partial charge >= 0.3 is 5.97 Å². The van der Waals surface area contributed by atoms with E-state index in [1.165, 1.54) is 6.07 Å². The van der Waals surface area contributed by atoms with Crippen molar-refractivity contribution in [1.82, 2.24) is 4.90 Å². The largest absolute Gasteiger partial charge is 0.481 e. The fourth-order valence-electron chi connectivity index (χ4n) is 3.19. The third-order valence-electron chi connectivity index (χ3n) is 4.56. The minimum Gasteiger partial charge on any atom is -0.481 e. The van der Waals surface area contributed by atoms with Crippen LogP contribution in [0.15, 0.2) is 18.2 Å². The number of carbonyl (C=O) groups excluding carboxylic acids is 1. The number of carbonyl (C=O) groups is 2. The quantitative estimate of drug-likeness (QED) is 0.932. The molecule has 1 aliphatic carbocycles. The van der Waals surface area contributed by atoms with Crippen molar-refractivity contribution < 1.29 is 23.5 Å². The van der Waals surface area contributed by atoms with E-state index in [9.17, 15) is 18.4 Å². The Kier molecular flexibility index (Phi) is 3.85. The lowest BCUT2D eigenvalue weighted by atomic mass is 9.97. The molecule has 1 aliphatic heterocycles. The number of piperidine rings is 1. The van der Waals surface area contributed by atoms with Crippen molar-refractivity contribution in [3.8, 4) is 0 Å². The van der Waals surface area contributed by atoms with E-state index in [4.69, 9.17) is 5.11 Å². The molecular formula is C16H17F2NO3. The summed E-state index contributed by atoms with van der Waals surface area (Å²) in [6, 6.07) is 3.72. The SMILES string of the molecule is O=C(O)C1CCCN(C(=O)C2CC2c2ccc(F)c(F)c2)C1. The van der Waals surface area contributed by atoms with Crippen LogP contribution in [0.2, 0.25) is 0 Å². The lowest BCUT2D eigenvalue weighted by Gasteiger charge is -2.31. The first-order chi connectivity index (χ1) is 10.5. The van der Waals surface area contributed by atoms with Gasteiger partial charge in [0.25, 0.3) is 0 Å². The van der Waals surface area contributed by atoms with E-state index in [0.29, 0.717) is 31.4 Å². The summed E-state index contributed by atoms with van der Waals surface area (Å²) in [4.78, 5) is 25.1. The smallest absolute Gasteiger partial charge is 0.308 e. The van der Waals surface area contributed by atoms with Crippen LogP contribution in [-0.4, -0.2) is 35.0 Å². The molecule has 3 atom stereocenters. The highest BCUT2D eigenvalue weighted by atomic mass is 19.2. The molecule has 1 N–H and O–H groups in total. The van der Waals surface area contributed by atoms with Gasteiger partial charge in [-0.2, -0.15) is 0 Å². The van der Waals surface area contributed by atoms with E-state index in [2.05, 4.69) is 0 Å². The van der Waals surface area contributed by atoms with E-state index in [1.807, 2.05) is 0 Å². The number of hydrogen-bond acceptors (Lipinski definition) is 2. The number of amides is 1. The monoisotopic (exact) mass is 309 g/mol. The maximum absolute atomic E-state index is 13.3. The van der Waals surface area contributed by atoms with Crippen molar-refractivity contribution in [2.45, 2.75) is 25.2 Å². The zero-order valence-corrected chi connectivity index (χ0v) is 12.0. The van der Waals surface area contributed by atoms with E-state index in [0.717, 1.165) is 12.1 Å². The zero-order chi connectivity index (χ0) is 15.9. The third kappa shape index (κ3) is 2.82. The maximum Gasteiger partial charge on any atom is 0.308 e. The minimum atomic E-state index is -0.903. The molecular weight excluding hydrogens is 292 g/mol. The van der Waals surface area contributed by atoms with E-state index in [-0.39, 0.29) is 24.3 Å². The van der Waals surface area contributed by atoms with Gasteiger partial charge in [-0.05, 0) is 42.9 Å². The highest BCUT2D eigenvalue weighted by molar-refractivity contribution is 5.84. The fourth-order valence-corrected chi connectivity index (χ4v) is 3.19. The molecule has 0 aromatic heterocycles. The molecule has 22 heavy (non-hydrogen) atoms. The molecule has 1 amide bonds. The van der Waals surface area contributed by atoms with Crippen LogP contribution >= 0.6 is 0 Å². The first kappa shape index (κ1) is 14.9. The van der Waals surface area contributed by atoms with Gasteiger partial charge in [-0.15, -0.1) is 0 Å². The number of rotatable bonds is 3. The lowest BCUT2D eigenvalue weighted by molar-refractivity contribution is -0.146. The number of aliphatic carboxylic acids is 1. The molecule has 0 radical (unpaired) electrons. The van der Waals surface area contributed by atoms with Crippen LogP contribution in [0.1, 0.15) is 30.7 Å². The van der Waals surface area contributed by atoms with E-state index < -0.39 is 23.5 Å². The lowest BCUT2D eigenvalue weighted by Crippen LogP contribution is -2.43. The highest BCUT2D eigenvalue weighted by Crippen LogP contribution is 2.49. The van der Waals surface area contributed by atoms with Crippen molar-refractivity contribution >= 4 is 11.9 Å². The Hall–Kier alpha value is -1.98. The standard InChI is InChI=1S/C16H17F2NO3/c17-13-4-3-9(6-14(13)18)11-7-12(11)15(20)19-5-1-2-10(8-19)16(21)22/h3-4,6,10-12H,1-2,5,7-8H2,(H,21,22). The Labute approximate surface area is 126 Å². The summed E-state index contributed by atoms with van der Waals surface area (Å²) in [7, 11) is 0. The summed E-state index contributed by atoms with van der Waals surface area (Å²) < 4.78 is 26.2. The van der Waals surface area contributed by atoms with Gasteiger partial charge in [-0.1, -0.05) is 6.07 Å². The molecule has 0 bridgehead atoms. The van der Waals surface area contributed by atoms with Crippen LogP contribution in [0, 0.1) is 23.5 Å². The number of nitrogens with zero attached hydrogens (tertiary/aromatic N) is 1. The second-order valence-electron chi connectivity index (χ2n) is 6.08. The molecule has 2 aliphatic rings.